The molecule has 34 heavy (non-hydrogen) atoms. The van der Waals surface area contributed by atoms with Crippen molar-refractivity contribution in [2.75, 3.05) is 6.07 Å². The van der Waals surface area contributed by atoms with E-state index >= 15 is 0 Å². The average Bonchev–Trinajstić information content (AvgIpc) is 2.68. The highest BCUT2D eigenvalue weighted by Crippen LogP contribution is 2.34. The van der Waals surface area contributed by atoms with E-state index in [0.29, 0.717) is 25.7 Å². The number of carboxylic acid groups (broad SMARTS) is 1. The molecule has 0 heterocycles. The number of hydrogen-bond donors (Lipinski definition) is 1. The summed E-state index contributed by atoms with van der Waals surface area (Å²) in [5.74, 6) is -2.20. The van der Waals surface area contributed by atoms with Gasteiger partial charge in [-0.3, -0.25) is 19.2 Å². The third-order valence-corrected chi connectivity index (χ3v) is 5.69. The van der Waals surface area contributed by atoms with Gasteiger partial charge < -0.3 is 19.3 Å². The van der Waals surface area contributed by atoms with E-state index in [9.17, 15) is 19.2 Å². The summed E-state index contributed by atoms with van der Waals surface area (Å²) in [4.78, 5) is 46.5. The van der Waals surface area contributed by atoms with Gasteiger partial charge in [0.15, 0.2) is 6.07 Å². The van der Waals surface area contributed by atoms with Crippen molar-refractivity contribution in [2.45, 2.75) is 119 Å². The lowest BCUT2D eigenvalue weighted by Gasteiger charge is -2.29. The summed E-state index contributed by atoms with van der Waals surface area (Å²) >= 11 is 5.40. The van der Waals surface area contributed by atoms with E-state index in [1.165, 1.54) is 0 Å². The lowest BCUT2D eigenvalue weighted by molar-refractivity contribution is -0.167. The Morgan fingerprint density at radius 2 is 1.00 bits per heavy atom. The highest BCUT2D eigenvalue weighted by Gasteiger charge is 2.40. The Hall–Kier alpha value is -1.83. The molecule has 1 N–H and O–H groups in total. The van der Waals surface area contributed by atoms with Gasteiger partial charge in [-0.05, 0) is 67.2 Å². The van der Waals surface area contributed by atoms with Crippen molar-refractivity contribution in [3.63, 3.8) is 0 Å². The van der Waals surface area contributed by atoms with Crippen molar-refractivity contribution in [1.29, 1.82) is 0 Å². The Balaban J connectivity index is 0. The predicted octanol–water partition coefficient (Wildman–Crippen LogP) is 5.87. The monoisotopic (exact) mass is 508 g/mol. The van der Waals surface area contributed by atoms with Crippen LogP contribution in [0.4, 0.5) is 0 Å². The second-order valence-corrected chi connectivity index (χ2v) is 10.6. The molecule has 0 saturated heterocycles. The first-order valence-corrected chi connectivity index (χ1v) is 12.3. The SMILES string of the molecule is CCC(CC)(CC(=O)OC(C)(C)C)C(=O)O.CCC(CC)(CC(=O)OC(C)(C)C)C(=O)OCCl. The van der Waals surface area contributed by atoms with Crippen LogP contribution < -0.4 is 0 Å². The number of aliphatic carboxylic acids is 1. The molecule has 0 aliphatic heterocycles. The van der Waals surface area contributed by atoms with Gasteiger partial charge in [0.05, 0.1) is 23.7 Å². The van der Waals surface area contributed by atoms with E-state index in [1.54, 1.807) is 55.4 Å². The Labute approximate surface area is 210 Å². The minimum Gasteiger partial charge on any atom is -0.481 e. The molecule has 0 aliphatic carbocycles. The zero-order valence-corrected chi connectivity index (χ0v) is 23.4. The van der Waals surface area contributed by atoms with Crippen molar-refractivity contribution < 1.29 is 38.5 Å². The summed E-state index contributed by atoms with van der Waals surface area (Å²) in [6.07, 6.45) is 1.84. The van der Waals surface area contributed by atoms with E-state index in [0.717, 1.165) is 0 Å². The molecule has 0 fully saturated rings. The molecule has 0 rings (SSSR count). The minimum atomic E-state index is -0.984. The maximum atomic E-state index is 11.9. The first kappa shape index (κ1) is 34.3. The molecule has 8 nitrogen and oxygen atoms in total. The van der Waals surface area contributed by atoms with Gasteiger partial charge in [-0.2, -0.15) is 0 Å². The standard InChI is InChI=1S/C13H23ClO4.C12H22O4/c1-6-13(7-2,11(16)17-9-14)8-10(15)18-12(3,4)5;1-6-12(7-2,10(14)15)8-9(13)16-11(3,4)5/h6-9H2,1-5H3;6-8H2,1-5H3,(H,14,15). The number of ether oxygens (including phenoxy) is 3. The molecule has 200 valence electrons. The lowest BCUT2D eigenvalue weighted by atomic mass is 9.79. The highest BCUT2D eigenvalue weighted by atomic mass is 35.5. The lowest BCUT2D eigenvalue weighted by Crippen LogP contribution is -2.36. The van der Waals surface area contributed by atoms with E-state index in [-0.39, 0.29) is 18.9 Å². The molecule has 0 atom stereocenters. The van der Waals surface area contributed by atoms with Gasteiger partial charge in [-0.1, -0.05) is 39.3 Å². The highest BCUT2D eigenvalue weighted by molar-refractivity contribution is 6.17. The van der Waals surface area contributed by atoms with Crippen LogP contribution in [-0.4, -0.2) is 46.3 Å². The Bertz CT molecular complexity index is 665. The Morgan fingerprint density at radius 1 is 0.676 bits per heavy atom. The summed E-state index contributed by atoms with van der Waals surface area (Å²) in [6, 6.07) is -0.200. The summed E-state index contributed by atoms with van der Waals surface area (Å²) in [6.45, 7) is 17.9. The maximum Gasteiger partial charge on any atom is 0.313 e. The number of hydrogen-bond acceptors (Lipinski definition) is 7. The summed E-state index contributed by atoms with van der Waals surface area (Å²) in [7, 11) is 0. The Morgan fingerprint density at radius 3 is 1.24 bits per heavy atom. The average molecular weight is 509 g/mol. The largest absolute Gasteiger partial charge is 0.481 e. The fourth-order valence-corrected chi connectivity index (χ4v) is 3.35. The second kappa shape index (κ2) is 14.5. The third-order valence-electron chi connectivity index (χ3n) is 5.58. The smallest absolute Gasteiger partial charge is 0.313 e. The van der Waals surface area contributed by atoms with E-state index in [2.05, 4.69) is 0 Å². The van der Waals surface area contributed by atoms with Gasteiger partial charge in [0.1, 0.15) is 11.2 Å². The molecular weight excluding hydrogens is 464 g/mol. The number of carbonyl (C=O) groups excluding carboxylic acids is 3. The molecular formula is C25H45ClO8. The Kier molecular flexibility index (Phi) is 14.7. The molecule has 0 radical (unpaired) electrons. The van der Waals surface area contributed by atoms with Gasteiger partial charge >= 0.3 is 23.9 Å². The van der Waals surface area contributed by atoms with Gasteiger partial charge in [0.25, 0.3) is 0 Å². The van der Waals surface area contributed by atoms with Crippen LogP contribution in [0.15, 0.2) is 0 Å². The molecule has 0 saturated carbocycles. The molecule has 0 aromatic heterocycles. The fraction of sp³-hybridized carbons (Fsp3) is 0.840. The van der Waals surface area contributed by atoms with Crippen molar-refractivity contribution in [1.82, 2.24) is 0 Å². The third kappa shape index (κ3) is 12.6. The van der Waals surface area contributed by atoms with Crippen molar-refractivity contribution >= 4 is 35.5 Å². The topological polar surface area (TPSA) is 116 Å². The number of carboxylic acids is 1. The number of alkyl halides is 1. The van der Waals surface area contributed by atoms with E-state index in [4.69, 9.17) is 30.9 Å². The summed E-state index contributed by atoms with van der Waals surface area (Å²) in [5, 5.41) is 9.16. The first-order valence-electron chi connectivity index (χ1n) is 11.8. The van der Waals surface area contributed by atoms with Crippen LogP contribution >= 0.6 is 11.6 Å². The van der Waals surface area contributed by atoms with Gasteiger partial charge in [0, 0.05) is 0 Å². The van der Waals surface area contributed by atoms with Crippen molar-refractivity contribution in [3.8, 4) is 0 Å². The van der Waals surface area contributed by atoms with Crippen LogP contribution in [0, 0.1) is 10.8 Å². The molecule has 0 spiro atoms. The van der Waals surface area contributed by atoms with Crippen LogP contribution in [0.1, 0.15) is 108 Å². The maximum absolute atomic E-state index is 11.9. The van der Waals surface area contributed by atoms with Crippen LogP contribution in [0.25, 0.3) is 0 Å². The minimum absolute atomic E-state index is 0.0208. The van der Waals surface area contributed by atoms with Gasteiger partial charge in [-0.25, -0.2) is 0 Å². The zero-order valence-electron chi connectivity index (χ0n) is 22.6. The van der Waals surface area contributed by atoms with Gasteiger partial charge in [0.2, 0.25) is 0 Å². The molecule has 0 amide bonds. The first-order chi connectivity index (χ1) is 15.4. The number of carbonyl (C=O) groups is 4. The van der Waals surface area contributed by atoms with E-state index in [1.807, 2.05) is 13.8 Å². The molecule has 0 aromatic rings. The van der Waals surface area contributed by atoms with Crippen molar-refractivity contribution in [2.24, 2.45) is 10.8 Å². The van der Waals surface area contributed by atoms with E-state index < -0.39 is 45.9 Å². The predicted molar refractivity (Wildman–Crippen MR) is 131 cm³/mol. The second-order valence-electron chi connectivity index (χ2n) is 10.3. The van der Waals surface area contributed by atoms with Crippen LogP contribution in [0.3, 0.4) is 0 Å². The van der Waals surface area contributed by atoms with Crippen LogP contribution in [0.5, 0.6) is 0 Å². The number of halogens is 1. The number of rotatable bonds is 11. The summed E-state index contributed by atoms with van der Waals surface area (Å²) in [5.41, 5.74) is -2.94. The molecule has 0 aliphatic rings. The van der Waals surface area contributed by atoms with Crippen LogP contribution in [0.2, 0.25) is 0 Å². The normalized spacial score (nSPS) is 12.2. The summed E-state index contributed by atoms with van der Waals surface area (Å²) < 4.78 is 15.2. The molecule has 0 unspecified atom stereocenters. The molecule has 0 aromatic carbocycles. The van der Waals surface area contributed by atoms with Gasteiger partial charge in [-0.15, -0.1) is 0 Å². The fourth-order valence-electron chi connectivity index (χ4n) is 3.25. The quantitative estimate of drug-likeness (QED) is 0.209. The molecule has 9 heteroatoms. The number of esters is 3. The van der Waals surface area contributed by atoms with Crippen molar-refractivity contribution in [3.05, 3.63) is 0 Å². The zero-order chi connectivity index (χ0) is 27.4. The van der Waals surface area contributed by atoms with Crippen LogP contribution in [-0.2, 0) is 33.4 Å². The molecule has 0 bridgehead atoms.